The number of benzene rings is 1. The van der Waals surface area contributed by atoms with Crippen molar-refractivity contribution in [2.45, 2.75) is 32.7 Å². The summed E-state index contributed by atoms with van der Waals surface area (Å²) in [7, 11) is -1.49. The van der Waals surface area contributed by atoms with Crippen LogP contribution in [-0.2, 0) is 53.1 Å². The quantitative estimate of drug-likeness (QED) is 0.340. The fraction of sp³-hybridized carbons (Fsp3) is 0.400. The molecule has 40 heavy (non-hydrogen) atoms. The second kappa shape index (κ2) is 12.3. The third kappa shape index (κ3) is 6.59. The van der Waals surface area contributed by atoms with Gasteiger partial charge in [0.2, 0.25) is 5.91 Å². The van der Waals surface area contributed by atoms with Crippen LogP contribution >= 0.6 is 22.7 Å². The number of nitrogens with zero attached hydrogens (tertiary/aromatic N) is 2. The van der Waals surface area contributed by atoms with Crippen molar-refractivity contribution in [1.82, 2.24) is 4.57 Å². The molecule has 0 aliphatic heterocycles. The first-order chi connectivity index (χ1) is 19.0. The molecule has 1 aliphatic carbocycles. The van der Waals surface area contributed by atoms with E-state index in [0.29, 0.717) is 22.4 Å². The fourth-order valence-corrected chi connectivity index (χ4v) is 7.69. The molecule has 12 nitrogen and oxygen atoms in total. The number of hydrogen-bond donors (Lipinski definition) is 1. The molecule has 0 atom stereocenters. The van der Waals surface area contributed by atoms with E-state index < -0.39 is 45.1 Å². The predicted octanol–water partition coefficient (Wildman–Crippen LogP) is 2.09. The summed E-state index contributed by atoms with van der Waals surface area (Å²) in [6, 6.07) is 5.08. The Hall–Kier alpha value is -3.56. The van der Waals surface area contributed by atoms with Gasteiger partial charge >= 0.3 is 11.9 Å². The summed E-state index contributed by atoms with van der Waals surface area (Å²) in [5.74, 6) is -4.51. The molecular weight excluding hydrogens is 582 g/mol. The number of carbonyl (C=O) groups is 4. The van der Waals surface area contributed by atoms with Gasteiger partial charge in [-0.1, -0.05) is 11.3 Å². The lowest BCUT2D eigenvalue weighted by Gasteiger charge is -2.07. The van der Waals surface area contributed by atoms with Gasteiger partial charge < -0.3 is 24.1 Å². The van der Waals surface area contributed by atoms with Crippen molar-refractivity contribution in [2.24, 2.45) is 4.99 Å². The third-order valence-corrected chi connectivity index (χ3v) is 9.60. The first kappa shape index (κ1) is 29.4. The van der Waals surface area contributed by atoms with Crippen LogP contribution in [-0.4, -0.2) is 69.1 Å². The molecule has 0 fully saturated rings. The van der Waals surface area contributed by atoms with E-state index in [-0.39, 0.29) is 28.5 Å². The SMILES string of the molecule is CCOC(=O)Cn1c(=NC(=O)CS(=O)(=O)CC(=O)Nc2sc3c(c2C(=O)OC)CCC3)sc2cc(OC)ccc21. The molecule has 1 aromatic carbocycles. The average molecular weight is 610 g/mol. The lowest BCUT2D eigenvalue weighted by Crippen LogP contribution is -2.29. The van der Waals surface area contributed by atoms with Gasteiger partial charge in [-0.2, -0.15) is 4.99 Å². The summed E-state index contributed by atoms with van der Waals surface area (Å²) in [6.45, 7) is 1.58. The first-order valence-corrected chi connectivity index (χ1v) is 15.6. The molecule has 3 aromatic rings. The zero-order valence-corrected chi connectivity index (χ0v) is 24.4. The van der Waals surface area contributed by atoms with E-state index >= 15 is 0 Å². The molecule has 1 aliphatic rings. The molecule has 4 rings (SSSR count). The zero-order valence-electron chi connectivity index (χ0n) is 22.0. The maximum atomic E-state index is 12.7. The van der Waals surface area contributed by atoms with Gasteiger partial charge in [-0.25, -0.2) is 13.2 Å². The number of thiophene rings is 1. The minimum Gasteiger partial charge on any atom is -0.497 e. The molecule has 0 saturated heterocycles. The van der Waals surface area contributed by atoms with Crippen molar-refractivity contribution in [2.75, 3.05) is 37.6 Å². The van der Waals surface area contributed by atoms with Crippen LogP contribution in [0.3, 0.4) is 0 Å². The standard InChI is InChI=1S/C25H27N3O9S3/c1-4-37-21(31)11-28-16-9-8-14(35-2)10-18(16)39-25(28)27-20(30)13-40(33,34)12-19(29)26-23-22(24(32)36-3)15-6-5-7-17(15)38-23/h8-10H,4-7,11-13H2,1-3H3,(H,26,29). The van der Waals surface area contributed by atoms with E-state index in [1.807, 2.05) is 0 Å². The van der Waals surface area contributed by atoms with Crippen LogP contribution in [0.4, 0.5) is 5.00 Å². The molecule has 15 heteroatoms. The number of aromatic nitrogens is 1. The van der Waals surface area contributed by atoms with Gasteiger partial charge in [-0.3, -0.25) is 14.4 Å². The number of esters is 2. The number of carbonyl (C=O) groups excluding carboxylic acids is 4. The Balaban J connectivity index is 1.53. The molecule has 0 saturated carbocycles. The van der Waals surface area contributed by atoms with E-state index in [0.717, 1.165) is 34.6 Å². The normalized spacial score (nSPS) is 13.2. The smallest absolute Gasteiger partial charge is 0.341 e. The van der Waals surface area contributed by atoms with Crippen molar-refractivity contribution in [3.8, 4) is 5.75 Å². The Morgan fingerprint density at radius 2 is 1.88 bits per heavy atom. The van der Waals surface area contributed by atoms with E-state index in [1.165, 1.54) is 30.1 Å². The number of sulfone groups is 1. The Bertz CT molecular complexity index is 1670. The van der Waals surface area contributed by atoms with Gasteiger partial charge in [-0.15, -0.1) is 11.3 Å². The van der Waals surface area contributed by atoms with Crippen LogP contribution in [0.1, 0.15) is 34.1 Å². The average Bonchev–Trinajstić information content (AvgIpc) is 3.55. The topological polar surface area (TPSA) is 159 Å². The van der Waals surface area contributed by atoms with Crippen molar-refractivity contribution in [3.05, 3.63) is 39.0 Å². The number of ether oxygens (including phenoxy) is 3. The van der Waals surface area contributed by atoms with Crippen LogP contribution in [0.15, 0.2) is 23.2 Å². The number of fused-ring (bicyclic) bond motifs is 2. The zero-order chi connectivity index (χ0) is 29.0. The number of hydrogen-bond acceptors (Lipinski definition) is 11. The molecule has 214 valence electrons. The molecule has 2 aromatic heterocycles. The van der Waals surface area contributed by atoms with Gasteiger partial charge in [0.25, 0.3) is 5.91 Å². The predicted molar refractivity (Wildman–Crippen MR) is 149 cm³/mol. The molecule has 0 bridgehead atoms. The van der Waals surface area contributed by atoms with Crippen molar-refractivity contribution < 1.29 is 41.8 Å². The van der Waals surface area contributed by atoms with Crippen LogP contribution in [0, 0.1) is 0 Å². The van der Waals surface area contributed by atoms with E-state index in [2.05, 4.69) is 10.3 Å². The highest BCUT2D eigenvalue weighted by atomic mass is 32.2. The van der Waals surface area contributed by atoms with Crippen molar-refractivity contribution in [3.63, 3.8) is 0 Å². The van der Waals surface area contributed by atoms with Gasteiger partial charge in [0.05, 0.1) is 36.6 Å². The Kier molecular flexibility index (Phi) is 9.05. The summed E-state index contributed by atoms with van der Waals surface area (Å²) in [4.78, 5) is 54.8. The first-order valence-electron chi connectivity index (χ1n) is 12.2. The second-order valence-electron chi connectivity index (χ2n) is 8.75. The van der Waals surface area contributed by atoms with Crippen LogP contribution in [0.5, 0.6) is 5.75 Å². The van der Waals surface area contributed by atoms with Crippen molar-refractivity contribution in [1.29, 1.82) is 0 Å². The summed E-state index contributed by atoms with van der Waals surface area (Å²) in [6.07, 6.45) is 2.31. The number of methoxy groups -OCH3 is 2. The molecule has 0 unspecified atom stereocenters. The Labute approximate surface area is 237 Å². The highest BCUT2D eigenvalue weighted by Gasteiger charge is 2.29. The Morgan fingerprint density at radius 3 is 2.58 bits per heavy atom. The van der Waals surface area contributed by atoms with Gasteiger partial charge in [0.1, 0.15) is 28.8 Å². The molecule has 0 radical (unpaired) electrons. The third-order valence-electron chi connectivity index (χ3n) is 5.96. The van der Waals surface area contributed by atoms with Crippen molar-refractivity contribution >= 4 is 71.5 Å². The highest BCUT2D eigenvalue weighted by molar-refractivity contribution is 7.92. The molecule has 2 amide bonds. The summed E-state index contributed by atoms with van der Waals surface area (Å²) in [5.41, 5.74) is 1.63. The van der Waals surface area contributed by atoms with Gasteiger partial charge in [-0.05, 0) is 49.9 Å². The number of rotatable bonds is 10. The van der Waals surface area contributed by atoms with Crippen LogP contribution in [0.2, 0.25) is 0 Å². The number of anilines is 1. The lowest BCUT2D eigenvalue weighted by molar-refractivity contribution is -0.143. The fourth-order valence-electron chi connectivity index (χ4n) is 4.31. The number of amides is 2. The highest BCUT2D eigenvalue weighted by Crippen LogP contribution is 2.39. The van der Waals surface area contributed by atoms with Gasteiger partial charge in [0, 0.05) is 4.88 Å². The molecule has 1 N–H and O–H groups in total. The summed E-state index contributed by atoms with van der Waals surface area (Å²) in [5, 5.41) is 2.73. The number of aryl methyl sites for hydroxylation is 1. The molecular formula is C25H27N3O9S3. The maximum Gasteiger partial charge on any atom is 0.341 e. The molecule has 2 heterocycles. The van der Waals surface area contributed by atoms with Crippen LogP contribution in [0.25, 0.3) is 10.2 Å². The molecule has 0 spiro atoms. The number of thiazole rings is 1. The minimum absolute atomic E-state index is 0.0942. The monoisotopic (exact) mass is 609 g/mol. The Morgan fingerprint density at radius 1 is 1.10 bits per heavy atom. The maximum absolute atomic E-state index is 12.7. The number of nitrogens with one attached hydrogen (secondary N) is 1. The van der Waals surface area contributed by atoms with E-state index in [9.17, 15) is 27.6 Å². The van der Waals surface area contributed by atoms with Gasteiger partial charge in [0.15, 0.2) is 14.6 Å². The van der Waals surface area contributed by atoms with Crippen LogP contribution < -0.4 is 14.9 Å². The largest absolute Gasteiger partial charge is 0.497 e. The lowest BCUT2D eigenvalue weighted by atomic mass is 10.1. The van der Waals surface area contributed by atoms with E-state index in [1.54, 1.807) is 25.1 Å². The van der Waals surface area contributed by atoms with E-state index in [4.69, 9.17) is 14.2 Å². The second-order valence-corrected chi connectivity index (χ2v) is 12.9. The summed E-state index contributed by atoms with van der Waals surface area (Å²) < 4.78 is 42.6. The minimum atomic E-state index is -4.22. The summed E-state index contributed by atoms with van der Waals surface area (Å²) >= 11 is 2.29.